The summed E-state index contributed by atoms with van der Waals surface area (Å²) in [6.45, 7) is 0.709. The number of carbonyl (C=O) groups is 1. The first-order valence-electron chi connectivity index (χ1n) is 7.40. The van der Waals surface area contributed by atoms with Crippen molar-refractivity contribution in [2.24, 2.45) is 11.8 Å². The van der Waals surface area contributed by atoms with Gasteiger partial charge in [0, 0.05) is 24.1 Å². The van der Waals surface area contributed by atoms with Gasteiger partial charge in [0.2, 0.25) is 0 Å². The van der Waals surface area contributed by atoms with E-state index < -0.39 is 0 Å². The SMILES string of the molecule is CNC(=O)N(Cc1ccc(Br)cc1)C1CC2CCC1C2. The van der Waals surface area contributed by atoms with Gasteiger partial charge in [0.25, 0.3) is 0 Å². The van der Waals surface area contributed by atoms with Gasteiger partial charge in [-0.25, -0.2) is 4.79 Å². The third kappa shape index (κ3) is 2.71. The molecule has 108 valence electrons. The zero-order valence-electron chi connectivity index (χ0n) is 11.8. The average Bonchev–Trinajstić information content (AvgIpc) is 3.08. The van der Waals surface area contributed by atoms with Crippen molar-refractivity contribution in [1.82, 2.24) is 10.2 Å². The molecule has 3 nitrogen and oxygen atoms in total. The molecule has 2 saturated carbocycles. The Balaban J connectivity index is 1.76. The molecule has 2 amide bonds. The summed E-state index contributed by atoms with van der Waals surface area (Å²) in [5.41, 5.74) is 1.19. The van der Waals surface area contributed by atoms with Crippen LogP contribution in [0, 0.1) is 11.8 Å². The number of carbonyl (C=O) groups excluding carboxylic acids is 1. The average molecular weight is 337 g/mol. The maximum absolute atomic E-state index is 12.3. The van der Waals surface area contributed by atoms with Crippen LogP contribution < -0.4 is 5.32 Å². The van der Waals surface area contributed by atoms with Crippen molar-refractivity contribution in [3.8, 4) is 0 Å². The Morgan fingerprint density at radius 1 is 1.30 bits per heavy atom. The number of benzene rings is 1. The number of urea groups is 1. The summed E-state index contributed by atoms with van der Waals surface area (Å²) in [5.74, 6) is 1.56. The molecular weight excluding hydrogens is 316 g/mol. The Labute approximate surface area is 128 Å². The van der Waals surface area contributed by atoms with Crippen molar-refractivity contribution in [3.63, 3.8) is 0 Å². The molecule has 0 heterocycles. The van der Waals surface area contributed by atoms with Crippen LogP contribution in [0.4, 0.5) is 4.79 Å². The van der Waals surface area contributed by atoms with Gasteiger partial charge in [-0.15, -0.1) is 0 Å². The van der Waals surface area contributed by atoms with Crippen LogP contribution in [0.3, 0.4) is 0 Å². The van der Waals surface area contributed by atoms with Gasteiger partial charge in [-0.3, -0.25) is 0 Å². The first-order valence-corrected chi connectivity index (χ1v) is 8.19. The minimum absolute atomic E-state index is 0.0606. The Bertz CT molecular complexity index is 488. The molecule has 1 aromatic rings. The van der Waals surface area contributed by atoms with Crippen molar-refractivity contribution in [3.05, 3.63) is 34.3 Å². The van der Waals surface area contributed by atoms with E-state index in [4.69, 9.17) is 0 Å². The van der Waals surface area contributed by atoms with Gasteiger partial charge in [-0.2, -0.15) is 0 Å². The maximum Gasteiger partial charge on any atom is 0.317 e. The number of hydrogen-bond donors (Lipinski definition) is 1. The fraction of sp³-hybridized carbons (Fsp3) is 0.562. The second kappa shape index (κ2) is 5.76. The van der Waals surface area contributed by atoms with Gasteiger partial charge >= 0.3 is 6.03 Å². The van der Waals surface area contributed by atoms with Crippen molar-refractivity contribution >= 4 is 22.0 Å². The molecule has 20 heavy (non-hydrogen) atoms. The van der Waals surface area contributed by atoms with E-state index in [9.17, 15) is 4.79 Å². The molecule has 2 bridgehead atoms. The molecule has 0 radical (unpaired) electrons. The molecule has 3 atom stereocenters. The highest BCUT2D eigenvalue weighted by atomic mass is 79.9. The molecule has 0 aliphatic heterocycles. The molecule has 3 unspecified atom stereocenters. The number of nitrogens with zero attached hydrogens (tertiary/aromatic N) is 1. The van der Waals surface area contributed by atoms with E-state index >= 15 is 0 Å². The molecule has 2 aliphatic carbocycles. The van der Waals surface area contributed by atoms with Crippen molar-refractivity contribution in [2.75, 3.05) is 7.05 Å². The minimum atomic E-state index is 0.0606. The summed E-state index contributed by atoms with van der Waals surface area (Å²) in [7, 11) is 1.73. The van der Waals surface area contributed by atoms with Gasteiger partial charge in [0.05, 0.1) is 0 Å². The fourth-order valence-electron chi connectivity index (χ4n) is 3.86. The van der Waals surface area contributed by atoms with Crippen LogP contribution >= 0.6 is 15.9 Å². The van der Waals surface area contributed by atoms with Crippen LogP contribution in [0.5, 0.6) is 0 Å². The molecule has 0 aromatic heterocycles. The van der Waals surface area contributed by atoms with E-state index in [2.05, 4.69) is 33.4 Å². The van der Waals surface area contributed by atoms with Gasteiger partial charge < -0.3 is 10.2 Å². The second-order valence-corrected chi connectivity index (χ2v) is 6.97. The summed E-state index contributed by atoms with van der Waals surface area (Å²) < 4.78 is 1.08. The topological polar surface area (TPSA) is 32.3 Å². The zero-order chi connectivity index (χ0) is 14.1. The highest BCUT2D eigenvalue weighted by Crippen LogP contribution is 2.46. The van der Waals surface area contributed by atoms with Gasteiger partial charge in [-0.1, -0.05) is 34.5 Å². The van der Waals surface area contributed by atoms with Crippen molar-refractivity contribution in [2.45, 2.75) is 38.3 Å². The van der Waals surface area contributed by atoms with Gasteiger partial charge in [0.15, 0.2) is 0 Å². The normalized spacial score (nSPS) is 27.6. The summed E-state index contributed by atoms with van der Waals surface area (Å²) >= 11 is 3.45. The Morgan fingerprint density at radius 3 is 2.60 bits per heavy atom. The number of rotatable bonds is 3. The second-order valence-electron chi connectivity index (χ2n) is 6.05. The quantitative estimate of drug-likeness (QED) is 0.894. The highest BCUT2D eigenvalue weighted by Gasteiger charge is 2.43. The third-order valence-corrected chi connectivity index (χ3v) is 5.37. The zero-order valence-corrected chi connectivity index (χ0v) is 13.4. The summed E-state index contributed by atoms with van der Waals surface area (Å²) in [6.07, 6.45) is 5.16. The molecular formula is C16H21BrN2O. The Kier molecular flexibility index (Phi) is 4.01. The van der Waals surface area contributed by atoms with Crippen LogP contribution in [-0.4, -0.2) is 24.0 Å². The molecule has 2 aliphatic rings. The van der Waals surface area contributed by atoms with Crippen LogP contribution in [0.2, 0.25) is 0 Å². The van der Waals surface area contributed by atoms with Gasteiger partial charge in [0.1, 0.15) is 0 Å². The first-order chi connectivity index (χ1) is 9.67. The maximum atomic E-state index is 12.3. The Morgan fingerprint density at radius 2 is 2.05 bits per heavy atom. The number of amides is 2. The van der Waals surface area contributed by atoms with E-state index in [1.54, 1.807) is 7.05 Å². The highest BCUT2D eigenvalue weighted by molar-refractivity contribution is 9.10. The molecule has 1 aromatic carbocycles. The standard InChI is InChI=1S/C16H21BrN2O/c1-18-16(20)19(10-11-3-6-14(17)7-4-11)15-9-12-2-5-13(15)8-12/h3-4,6-7,12-13,15H,2,5,8-10H2,1H3,(H,18,20). The third-order valence-electron chi connectivity index (χ3n) is 4.84. The van der Waals surface area contributed by atoms with E-state index in [0.717, 1.165) is 10.4 Å². The van der Waals surface area contributed by atoms with E-state index in [0.29, 0.717) is 18.5 Å². The summed E-state index contributed by atoms with van der Waals surface area (Å²) in [4.78, 5) is 14.3. The lowest BCUT2D eigenvalue weighted by Gasteiger charge is -2.34. The molecule has 4 heteroatoms. The summed E-state index contributed by atoms with van der Waals surface area (Å²) in [6, 6.07) is 8.75. The van der Waals surface area contributed by atoms with E-state index in [1.807, 2.05) is 17.0 Å². The lowest BCUT2D eigenvalue weighted by atomic mass is 9.94. The lowest BCUT2D eigenvalue weighted by Crippen LogP contribution is -2.46. The van der Waals surface area contributed by atoms with Gasteiger partial charge in [-0.05, 0) is 48.8 Å². The smallest absolute Gasteiger partial charge is 0.317 e. The number of halogens is 1. The monoisotopic (exact) mass is 336 g/mol. The van der Waals surface area contributed by atoms with Crippen LogP contribution in [0.15, 0.2) is 28.7 Å². The van der Waals surface area contributed by atoms with E-state index in [1.165, 1.54) is 31.2 Å². The molecule has 0 spiro atoms. The molecule has 3 rings (SSSR count). The molecule has 2 fully saturated rings. The molecule has 0 saturated heterocycles. The predicted molar refractivity (Wildman–Crippen MR) is 83.4 cm³/mol. The van der Waals surface area contributed by atoms with E-state index in [-0.39, 0.29) is 6.03 Å². The van der Waals surface area contributed by atoms with Crippen LogP contribution in [0.25, 0.3) is 0 Å². The predicted octanol–water partition coefficient (Wildman–Crippen LogP) is 3.78. The fourth-order valence-corrected chi connectivity index (χ4v) is 4.13. The summed E-state index contributed by atoms with van der Waals surface area (Å²) in [5, 5.41) is 2.81. The van der Waals surface area contributed by atoms with Crippen LogP contribution in [0.1, 0.15) is 31.2 Å². The van der Waals surface area contributed by atoms with Crippen molar-refractivity contribution in [1.29, 1.82) is 0 Å². The van der Waals surface area contributed by atoms with Crippen molar-refractivity contribution < 1.29 is 4.79 Å². The number of hydrogen-bond acceptors (Lipinski definition) is 1. The first kappa shape index (κ1) is 13.9. The number of nitrogens with one attached hydrogen (secondary N) is 1. The number of fused-ring (bicyclic) bond motifs is 2. The minimum Gasteiger partial charge on any atom is -0.341 e. The lowest BCUT2D eigenvalue weighted by molar-refractivity contribution is 0.144. The van der Waals surface area contributed by atoms with Crippen LogP contribution in [-0.2, 0) is 6.54 Å². The Hall–Kier alpha value is -1.03. The largest absolute Gasteiger partial charge is 0.341 e. The molecule has 1 N–H and O–H groups in total.